The van der Waals surface area contributed by atoms with E-state index in [1.165, 1.54) is 13.1 Å². The molecular formula is C25H28FN5O3. The van der Waals surface area contributed by atoms with Crippen molar-refractivity contribution in [2.75, 3.05) is 20.3 Å². The number of carbonyl (C=O) groups is 1. The number of hydrogen-bond donors (Lipinski definition) is 1. The second-order valence-corrected chi connectivity index (χ2v) is 8.02. The monoisotopic (exact) mass is 465 g/mol. The number of nitrogens with one attached hydrogen (secondary N) is 1. The van der Waals surface area contributed by atoms with Gasteiger partial charge in [-0.15, -0.1) is 0 Å². The van der Waals surface area contributed by atoms with E-state index in [0.717, 1.165) is 33.9 Å². The molecule has 0 radical (unpaired) electrons. The van der Waals surface area contributed by atoms with Gasteiger partial charge >= 0.3 is 6.09 Å². The van der Waals surface area contributed by atoms with E-state index < -0.39 is 11.9 Å². The number of benzene rings is 1. The number of pyridine rings is 1. The zero-order chi connectivity index (χ0) is 24.2. The second-order valence-electron chi connectivity index (χ2n) is 8.02. The van der Waals surface area contributed by atoms with Crippen LogP contribution in [0.1, 0.15) is 22.6 Å². The highest BCUT2D eigenvalue weighted by Gasteiger charge is 2.15. The quantitative estimate of drug-likeness (QED) is 0.425. The lowest BCUT2D eigenvalue weighted by Crippen LogP contribution is -2.20. The molecule has 1 N–H and O–H groups in total. The predicted molar refractivity (Wildman–Crippen MR) is 127 cm³/mol. The smallest absolute Gasteiger partial charge is 0.406 e. The van der Waals surface area contributed by atoms with Crippen molar-refractivity contribution in [1.29, 1.82) is 0 Å². The Bertz CT molecular complexity index is 1330. The number of aromatic nitrogens is 4. The van der Waals surface area contributed by atoms with Crippen LogP contribution in [0.4, 0.5) is 9.18 Å². The number of halogens is 1. The molecule has 4 aromatic rings. The Morgan fingerprint density at radius 3 is 2.71 bits per heavy atom. The number of fused-ring (bicyclic) bond motifs is 1. The van der Waals surface area contributed by atoms with E-state index in [-0.39, 0.29) is 12.4 Å². The van der Waals surface area contributed by atoms with Gasteiger partial charge in [-0.25, -0.2) is 14.2 Å². The minimum Gasteiger partial charge on any atom is -0.490 e. The summed E-state index contributed by atoms with van der Waals surface area (Å²) in [5.74, 6) is -0.201. The fourth-order valence-electron chi connectivity index (χ4n) is 4.01. The first kappa shape index (κ1) is 23.3. The van der Waals surface area contributed by atoms with E-state index in [9.17, 15) is 9.18 Å². The fraction of sp³-hybridized carbons (Fsp3) is 0.320. The number of carbonyl (C=O) groups excluding carboxylic acids is 1. The van der Waals surface area contributed by atoms with Crippen LogP contribution in [0.3, 0.4) is 0 Å². The molecular weight excluding hydrogens is 437 g/mol. The molecule has 1 amide bonds. The van der Waals surface area contributed by atoms with Crippen molar-refractivity contribution in [1.82, 2.24) is 24.5 Å². The van der Waals surface area contributed by atoms with Gasteiger partial charge in [0.15, 0.2) is 11.6 Å². The van der Waals surface area contributed by atoms with Crippen molar-refractivity contribution < 1.29 is 18.7 Å². The first-order chi connectivity index (χ1) is 16.4. The Morgan fingerprint density at radius 1 is 1.15 bits per heavy atom. The summed E-state index contributed by atoms with van der Waals surface area (Å²) in [5, 5.41) is 6.86. The molecule has 0 spiro atoms. The summed E-state index contributed by atoms with van der Waals surface area (Å²) in [7, 11) is 3.42. The van der Waals surface area contributed by atoms with Gasteiger partial charge in [0, 0.05) is 61.8 Å². The molecule has 1 aromatic carbocycles. The minimum atomic E-state index is -0.479. The number of alkyl carbamates (subject to hydrolysis) is 1. The normalized spacial score (nSPS) is 11.1. The molecule has 8 nitrogen and oxygen atoms in total. The molecule has 0 fully saturated rings. The van der Waals surface area contributed by atoms with Crippen LogP contribution in [0, 0.1) is 19.7 Å². The van der Waals surface area contributed by atoms with Crippen molar-refractivity contribution in [2.45, 2.75) is 26.7 Å². The molecule has 0 saturated carbocycles. The summed E-state index contributed by atoms with van der Waals surface area (Å²) in [6, 6.07) is 8.67. The lowest BCUT2D eigenvalue weighted by atomic mass is 10.1. The van der Waals surface area contributed by atoms with Gasteiger partial charge in [0.05, 0.1) is 18.9 Å². The number of rotatable bonds is 8. The summed E-state index contributed by atoms with van der Waals surface area (Å²) in [6.45, 7) is 4.53. The maximum Gasteiger partial charge on any atom is 0.406 e. The number of imidazole rings is 1. The summed E-state index contributed by atoms with van der Waals surface area (Å²) < 4.78 is 29.6. The molecule has 0 bridgehead atoms. The zero-order valence-electron chi connectivity index (χ0n) is 19.8. The van der Waals surface area contributed by atoms with Gasteiger partial charge in [-0.2, -0.15) is 5.10 Å². The topological polar surface area (TPSA) is 82.7 Å². The third-order valence-corrected chi connectivity index (χ3v) is 5.91. The number of amides is 1. The average molecular weight is 466 g/mol. The molecule has 3 heterocycles. The molecule has 0 aliphatic carbocycles. The Kier molecular flexibility index (Phi) is 6.81. The van der Waals surface area contributed by atoms with Gasteiger partial charge in [-0.05, 0) is 37.6 Å². The van der Waals surface area contributed by atoms with Gasteiger partial charge in [-0.3, -0.25) is 4.68 Å². The van der Waals surface area contributed by atoms with Crippen molar-refractivity contribution in [2.24, 2.45) is 7.05 Å². The van der Waals surface area contributed by atoms with Crippen LogP contribution in [-0.2, 0) is 24.6 Å². The number of para-hydroxylation sites is 1. The fourth-order valence-corrected chi connectivity index (χ4v) is 4.01. The highest BCUT2D eigenvalue weighted by molar-refractivity contribution is 5.71. The van der Waals surface area contributed by atoms with Crippen LogP contribution < -0.4 is 10.1 Å². The third-order valence-electron chi connectivity index (χ3n) is 5.91. The van der Waals surface area contributed by atoms with Crippen molar-refractivity contribution >= 4 is 11.7 Å². The van der Waals surface area contributed by atoms with E-state index in [1.807, 2.05) is 54.4 Å². The van der Waals surface area contributed by atoms with E-state index in [0.29, 0.717) is 25.0 Å². The SMILES string of the molecule is CNC(=O)OCCc1cnc2ccc(-c3cccc(F)c3OCCc3c(C)nn(C)c3C)cn12. The molecule has 4 rings (SSSR count). The van der Waals surface area contributed by atoms with Crippen LogP contribution >= 0.6 is 0 Å². The van der Waals surface area contributed by atoms with Gasteiger partial charge in [-0.1, -0.05) is 12.1 Å². The first-order valence-corrected chi connectivity index (χ1v) is 11.1. The molecule has 0 saturated heterocycles. The van der Waals surface area contributed by atoms with Crippen LogP contribution in [-0.4, -0.2) is 45.5 Å². The molecule has 0 aliphatic heterocycles. The minimum absolute atomic E-state index is 0.214. The largest absolute Gasteiger partial charge is 0.490 e. The van der Waals surface area contributed by atoms with E-state index in [4.69, 9.17) is 9.47 Å². The highest BCUT2D eigenvalue weighted by Crippen LogP contribution is 2.33. The molecule has 0 aliphatic rings. The van der Waals surface area contributed by atoms with Gasteiger partial charge in [0.2, 0.25) is 0 Å². The Hall–Kier alpha value is -3.88. The van der Waals surface area contributed by atoms with Gasteiger partial charge in [0.25, 0.3) is 0 Å². The van der Waals surface area contributed by atoms with Crippen LogP contribution in [0.2, 0.25) is 0 Å². The number of aryl methyl sites for hydroxylation is 2. The Balaban J connectivity index is 1.56. The summed E-state index contributed by atoms with van der Waals surface area (Å²) in [5.41, 5.74) is 6.22. The van der Waals surface area contributed by atoms with Crippen molar-refractivity contribution in [3.05, 3.63) is 71.2 Å². The third kappa shape index (κ3) is 4.73. The van der Waals surface area contributed by atoms with Crippen molar-refractivity contribution in [3.63, 3.8) is 0 Å². The molecule has 3 aromatic heterocycles. The highest BCUT2D eigenvalue weighted by atomic mass is 19.1. The molecule has 9 heteroatoms. The van der Waals surface area contributed by atoms with E-state index in [1.54, 1.807) is 12.3 Å². The first-order valence-electron chi connectivity index (χ1n) is 11.1. The second kappa shape index (κ2) is 9.94. The molecule has 0 atom stereocenters. The summed E-state index contributed by atoms with van der Waals surface area (Å²) in [4.78, 5) is 15.7. The lowest BCUT2D eigenvalue weighted by Gasteiger charge is -2.14. The Morgan fingerprint density at radius 2 is 1.97 bits per heavy atom. The predicted octanol–water partition coefficient (Wildman–Crippen LogP) is 4.01. The standard InChI is InChI=1S/C25H28FN5O3/c1-16-20(17(2)30(4)29-16)11-13-33-24-21(6-5-7-22(24)26)18-8-9-23-28-14-19(31(23)15-18)10-12-34-25(32)27-3/h5-9,14-15H,10-13H2,1-4H3,(H,27,32). The van der Waals surface area contributed by atoms with E-state index in [2.05, 4.69) is 15.4 Å². The Labute approximate surface area is 197 Å². The maximum absolute atomic E-state index is 14.8. The number of ether oxygens (including phenoxy) is 2. The lowest BCUT2D eigenvalue weighted by molar-refractivity contribution is 0.149. The molecule has 34 heavy (non-hydrogen) atoms. The molecule has 0 unspecified atom stereocenters. The maximum atomic E-state index is 14.8. The van der Waals surface area contributed by atoms with Gasteiger partial charge in [0.1, 0.15) is 5.65 Å². The number of hydrogen-bond acceptors (Lipinski definition) is 5. The van der Waals surface area contributed by atoms with E-state index >= 15 is 0 Å². The zero-order valence-corrected chi connectivity index (χ0v) is 19.8. The van der Waals surface area contributed by atoms with Gasteiger partial charge < -0.3 is 19.2 Å². The van der Waals surface area contributed by atoms with Crippen LogP contribution in [0.5, 0.6) is 5.75 Å². The summed E-state index contributed by atoms with van der Waals surface area (Å²) in [6.07, 6.45) is 4.29. The van der Waals surface area contributed by atoms with Crippen LogP contribution in [0.25, 0.3) is 16.8 Å². The van der Waals surface area contributed by atoms with Crippen LogP contribution in [0.15, 0.2) is 42.7 Å². The molecule has 178 valence electrons. The average Bonchev–Trinajstić information content (AvgIpc) is 3.34. The summed E-state index contributed by atoms with van der Waals surface area (Å²) >= 11 is 0. The number of nitrogens with zero attached hydrogens (tertiary/aromatic N) is 4. The van der Waals surface area contributed by atoms with Crippen molar-refractivity contribution in [3.8, 4) is 16.9 Å².